The maximum Gasteiger partial charge on any atom is 0.123 e. The molecule has 3 heteroatoms. The third-order valence-corrected chi connectivity index (χ3v) is 3.61. The average Bonchev–Trinajstić information content (AvgIpc) is 2.80. The molecule has 1 fully saturated rings. The van der Waals surface area contributed by atoms with Crippen LogP contribution < -0.4 is 5.73 Å². The Morgan fingerprint density at radius 3 is 2.88 bits per heavy atom. The molecular formula is C13H23N3. The van der Waals surface area contributed by atoms with E-state index in [-0.39, 0.29) is 6.04 Å². The summed E-state index contributed by atoms with van der Waals surface area (Å²) in [6.45, 7) is 2.16. The highest BCUT2D eigenvalue weighted by atomic mass is 15.0. The van der Waals surface area contributed by atoms with E-state index in [1.807, 2.05) is 6.20 Å². The molecule has 0 spiro atoms. The average molecular weight is 221 g/mol. The van der Waals surface area contributed by atoms with Crippen LogP contribution in [0.15, 0.2) is 6.20 Å². The Morgan fingerprint density at radius 2 is 2.19 bits per heavy atom. The maximum absolute atomic E-state index is 6.05. The van der Waals surface area contributed by atoms with Crippen molar-refractivity contribution in [3.63, 3.8) is 0 Å². The number of aromatic nitrogens is 2. The molecule has 1 aliphatic carbocycles. The van der Waals surface area contributed by atoms with Crippen molar-refractivity contribution in [2.45, 2.75) is 63.8 Å². The van der Waals surface area contributed by atoms with Gasteiger partial charge >= 0.3 is 0 Å². The second-order valence-corrected chi connectivity index (χ2v) is 4.95. The van der Waals surface area contributed by atoms with Gasteiger partial charge in [0.05, 0.1) is 6.04 Å². The molecule has 0 amide bonds. The largest absolute Gasteiger partial charge is 0.344 e. The summed E-state index contributed by atoms with van der Waals surface area (Å²) in [5.41, 5.74) is 7.36. The smallest absolute Gasteiger partial charge is 0.123 e. The van der Waals surface area contributed by atoms with Crippen molar-refractivity contribution in [2.75, 3.05) is 0 Å². The summed E-state index contributed by atoms with van der Waals surface area (Å²) in [5, 5.41) is 0. The SMILES string of the molecule is CCCC(N)c1ncc(C2CCCCC2)[nH]1. The highest BCUT2D eigenvalue weighted by Gasteiger charge is 2.18. The van der Waals surface area contributed by atoms with Crippen LogP contribution in [0.5, 0.6) is 0 Å². The van der Waals surface area contributed by atoms with Crippen molar-refractivity contribution in [1.82, 2.24) is 9.97 Å². The van der Waals surface area contributed by atoms with E-state index in [1.54, 1.807) is 0 Å². The topological polar surface area (TPSA) is 54.7 Å². The van der Waals surface area contributed by atoms with Crippen molar-refractivity contribution < 1.29 is 0 Å². The predicted octanol–water partition coefficient (Wildman–Crippen LogP) is 3.26. The molecule has 1 aromatic rings. The van der Waals surface area contributed by atoms with Gasteiger partial charge in [-0.3, -0.25) is 0 Å². The Hall–Kier alpha value is -0.830. The van der Waals surface area contributed by atoms with Crippen LogP contribution >= 0.6 is 0 Å². The number of hydrogen-bond donors (Lipinski definition) is 2. The molecule has 1 aliphatic rings. The molecule has 1 saturated carbocycles. The predicted molar refractivity (Wildman–Crippen MR) is 66.3 cm³/mol. The van der Waals surface area contributed by atoms with Crippen molar-refractivity contribution >= 4 is 0 Å². The Morgan fingerprint density at radius 1 is 1.44 bits per heavy atom. The van der Waals surface area contributed by atoms with Crippen LogP contribution in [0.2, 0.25) is 0 Å². The minimum Gasteiger partial charge on any atom is -0.344 e. The maximum atomic E-state index is 6.05. The molecule has 0 aromatic carbocycles. The van der Waals surface area contributed by atoms with Crippen LogP contribution in [0.3, 0.4) is 0 Å². The second-order valence-electron chi connectivity index (χ2n) is 4.95. The number of nitrogens with one attached hydrogen (secondary N) is 1. The molecule has 0 aliphatic heterocycles. The number of imidazole rings is 1. The van der Waals surface area contributed by atoms with E-state index in [4.69, 9.17) is 5.73 Å². The minimum absolute atomic E-state index is 0.0855. The Bertz CT molecular complexity index is 313. The highest BCUT2D eigenvalue weighted by molar-refractivity contribution is 5.10. The lowest BCUT2D eigenvalue weighted by molar-refractivity contribution is 0.437. The molecule has 0 radical (unpaired) electrons. The van der Waals surface area contributed by atoms with Gasteiger partial charge in [0.25, 0.3) is 0 Å². The van der Waals surface area contributed by atoms with Crippen LogP contribution in [0.25, 0.3) is 0 Å². The minimum atomic E-state index is 0.0855. The fourth-order valence-electron chi connectivity index (χ4n) is 2.61. The highest BCUT2D eigenvalue weighted by Crippen LogP contribution is 2.31. The number of aromatic amines is 1. The number of nitrogens with zero attached hydrogens (tertiary/aromatic N) is 1. The van der Waals surface area contributed by atoms with Gasteiger partial charge in [-0.15, -0.1) is 0 Å². The van der Waals surface area contributed by atoms with Crippen LogP contribution in [-0.4, -0.2) is 9.97 Å². The quantitative estimate of drug-likeness (QED) is 0.820. The fraction of sp³-hybridized carbons (Fsp3) is 0.769. The van der Waals surface area contributed by atoms with Crippen LogP contribution in [0.4, 0.5) is 0 Å². The molecule has 0 saturated heterocycles. The summed E-state index contributed by atoms with van der Waals surface area (Å²) in [4.78, 5) is 7.86. The van der Waals surface area contributed by atoms with Crippen molar-refractivity contribution in [3.8, 4) is 0 Å². The molecule has 1 unspecified atom stereocenters. The van der Waals surface area contributed by atoms with Crippen molar-refractivity contribution in [2.24, 2.45) is 5.73 Å². The molecule has 16 heavy (non-hydrogen) atoms. The standard InChI is InChI=1S/C13H23N3/c1-2-6-11(14)13-15-9-12(16-13)10-7-4-3-5-8-10/h9-11H,2-8,14H2,1H3,(H,15,16). The number of hydrogen-bond acceptors (Lipinski definition) is 2. The molecular weight excluding hydrogens is 198 g/mol. The van der Waals surface area contributed by atoms with Gasteiger partial charge in [-0.2, -0.15) is 0 Å². The van der Waals surface area contributed by atoms with Crippen LogP contribution in [0.1, 0.15) is 75.3 Å². The molecule has 3 nitrogen and oxygen atoms in total. The van der Waals surface area contributed by atoms with Gasteiger partial charge in [0.2, 0.25) is 0 Å². The Balaban J connectivity index is 2.00. The Kier molecular flexibility index (Phi) is 3.99. The summed E-state index contributed by atoms with van der Waals surface area (Å²) in [6.07, 6.45) is 10.9. The van der Waals surface area contributed by atoms with E-state index in [2.05, 4.69) is 16.9 Å². The third-order valence-electron chi connectivity index (χ3n) is 3.61. The van der Waals surface area contributed by atoms with Gasteiger partial charge in [-0.1, -0.05) is 32.6 Å². The van der Waals surface area contributed by atoms with Crippen molar-refractivity contribution in [3.05, 3.63) is 17.7 Å². The lowest BCUT2D eigenvalue weighted by atomic mass is 9.87. The van der Waals surface area contributed by atoms with E-state index in [1.165, 1.54) is 37.8 Å². The number of nitrogens with two attached hydrogens (primary N) is 1. The van der Waals surface area contributed by atoms with Gasteiger partial charge in [-0.05, 0) is 19.3 Å². The van der Waals surface area contributed by atoms with E-state index >= 15 is 0 Å². The first-order valence-corrected chi connectivity index (χ1v) is 6.61. The van der Waals surface area contributed by atoms with Crippen LogP contribution in [-0.2, 0) is 0 Å². The summed E-state index contributed by atoms with van der Waals surface area (Å²) in [7, 11) is 0. The van der Waals surface area contributed by atoms with Gasteiger partial charge in [0.1, 0.15) is 5.82 Å². The summed E-state index contributed by atoms with van der Waals surface area (Å²) >= 11 is 0. The van der Waals surface area contributed by atoms with E-state index < -0.39 is 0 Å². The fourth-order valence-corrected chi connectivity index (χ4v) is 2.61. The third kappa shape index (κ3) is 2.64. The van der Waals surface area contributed by atoms with Crippen molar-refractivity contribution in [1.29, 1.82) is 0 Å². The van der Waals surface area contributed by atoms with Gasteiger partial charge < -0.3 is 10.7 Å². The summed E-state index contributed by atoms with van der Waals surface area (Å²) < 4.78 is 0. The molecule has 3 N–H and O–H groups in total. The van der Waals surface area contributed by atoms with E-state index in [0.717, 1.165) is 18.7 Å². The second kappa shape index (κ2) is 5.48. The number of H-pyrrole nitrogens is 1. The lowest BCUT2D eigenvalue weighted by Crippen LogP contribution is -2.12. The van der Waals surface area contributed by atoms with Gasteiger partial charge in [0.15, 0.2) is 0 Å². The van der Waals surface area contributed by atoms with Gasteiger partial charge in [0, 0.05) is 17.8 Å². The normalized spacial score (nSPS) is 19.9. The molecule has 1 atom stereocenters. The summed E-state index contributed by atoms with van der Waals surface area (Å²) in [5.74, 6) is 1.67. The monoisotopic (exact) mass is 221 g/mol. The zero-order chi connectivity index (χ0) is 11.4. The van der Waals surface area contributed by atoms with Crippen LogP contribution in [0, 0.1) is 0 Å². The molecule has 1 heterocycles. The first kappa shape index (κ1) is 11.6. The lowest BCUT2D eigenvalue weighted by Gasteiger charge is -2.20. The number of rotatable bonds is 4. The zero-order valence-electron chi connectivity index (χ0n) is 10.2. The summed E-state index contributed by atoms with van der Waals surface area (Å²) in [6, 6.07) is 0.0855. The van der Waals surface area contributed by atoms with E-state index in [9.17, 15) is 0 Å². The first-order valence-electron chi connectivity index (χ1n) is 6.61. The molecule has 1 aromatic heterocycles. The first-order chi connectivity index (χ1) is 7.81. The molecule has 2 rings (SSSR count). The molecule has 90 valence electrons. The van der Waals surface area contributed by atoms with Gasteiger partial charge in [-0.25, -0.2) is 4.98 Å². The zero-order valence-corrected chi connectivity index (χ0v) is 10.2. The molecule has 0 bridgehead atoms. The van der Waals surface area contributed by atoms with E-state index in [0.29, 0.717) is 5.92 Å². The Labute approximate surface area is 97.8 Å².